The molecule has 1 fully saturated rings. The first-order valence-corrected chi connectivity index (χ1v) is 10.9. The van der Waals surface area contributed by atoms with Crippen LogP contribution in [0.4, 0.5) is 17.1 Å². The van der Waals surface area contributed by atoms with E-state index in [1.54, 1.807) is 42.5 Å². The molecule has 7 heteroatoms. The van der Waals surface area contributed by atoms with Gasteiger partial charge in [-0.15, -0.1) is 0 Å². The molecule has 0 atom stereocenters. The number of anilines is 3. The van der Waals surface area contributed by atoms with E-state index in [0.717, 1.165) is 16.2 Å². The zero-order valence-electron chi connectivity index (χ0n) is 18.2. The second kappa shape index (κ2) is 8.52. The van der Waals surface area contributed by atoms with Gasteiger partial charge in [0, 0.05) is 24.5 Å². The maximum atomic E-state index is 13.4. The van der Waals surface area contributed by atoms with Crippen molar-refractivity contribution in [3.63, 3.8) is 0 Å². The fourth-order valence-corrected chi connectivity index (χ4v) is 4.18. The van der Waals surface area contributed by atoms with Crippen LogP contribution in [0.5, 0.6) is 0 Å². The highest BCUT2D eigenvalue weighted by Crippen LogP contribution is 2.33. The number of aryl methyl sites for hydroxylation is 1. The number of nitrogens with zero attached hydrogens (tertiary/aromatic N) is 2. The van der Waals surface area contributed by atoms with Gasteiger partial charge in [-0.25, -0.2) is 4.90 Å². The van der Waals surface area contributed by atoms with Crippen molar-refractivity contribution >= 4 is 34.8 Å². The van der Waals surface area contributed by atoms with Crippen molar-refractivity contribution in [3.05, 3.63) is 89.0 Å². The van der Waals surface area contributed by atoms with Crippen molar-refractivity contribution in [2.75, 3.05) is 41.4 Å². The summed E-state index contributed by atoms with van der Waals surface area (Å²) in [5.74, 6) is -1.09. The second-order valence-corrected chi connectivity index (χ2v) is 8.11. The number of imide groups is 1. The van der Waals surface area contributed by atoms with Gasteiger partial charge in [0.2, 0.25) is 0 Å². The Balaban J connectivity index is 1.53. The largest absolute Gasteiger partial charge is 0.378 e. The maximum Gasteiger partial charge on any atom is 0.266 e. The lowest BCUT2D eigenvalue weighted by Crippen LogP contribution is -2.37. The Kier molecular flexibility index (Phi) is 5.40. The van der Waals surface area contributed by atoms with E-state index in [1.165, 1.54) is 0 Å². The molecule has 2 aliphatic heterocycles. The highest BCUT2D eigenvalue weighted by atomic mass is 16.5. The molecule has 1 N–H and O–H groups in total. The summed E-state index contributed by atoms with van der Waals surface area (Å²) in [4.78, 5) is 42.5. The third-order valence-electron chi connectivity index (χ3n) is 5.94. The highest BCUT2D eigenvalue weighted by molar-refractivity contribution is 6.34. The maximum absolute atomic E-state index is 13.4. The topological polar surface area (TPSA) is 79.0 Å². The van der Waals surface area contributed by atoms with Gasteiger partial charge in [-0.3, -0.25) is 14.4 Å². The normalized spacial score (nSPS) is 15.5. The van der Waals surface area contributed by atoms with Crippen LogP contribution in [0.1, 0.15) is 36.6 Å². The van der Waals surface area contributed by atoms with Gasteiger partial charge in [-0.2, -0.15) is 0 Å². The van der Waals surface area contributed by atoms with Gasteiger partial charge >= 0.3 is 0 Å². The standard InChI is InChI=1S/C26H23N3O4/c1-17-6-8-18(9-7-17)27-24(30)22-16-19(10-11-23(22)28-12-14-33-15-13-28)29-25(31)20-4-2-3-5-21(20)26(29)32/h2-11,16H,12-15H2,1H3,(H,27,30). The summed E-state index contributed by atoms with van der Waals surface area (Å²) in [6.45, 7) is 4.42. The Bertz CT molecular complexity index is 1210. The molecule has 0 spiro atoms. The molecule has 0 bridgehead atoms. The summed E-state index contributed by atoms with van der Waals surface area (Å²) in [6.07, 6.45) is 0. The van der Waals surface area contributed by atoms with Crippen LogP contribution in [0.25, 0.3) is 0 Å². The molecule has 7 nitrogen and oxygen atoms in total. The fraction of sp³-hybridized carbons (Fsp3) is 0.192. The summed E-state index contributed by atoms with van der Waals surface area (Å²) in [7, 11) is 0. The van der Waals surface area contributed by atoms with E-state index in [-0.39, 0.29) is 17.7 Å². The van der Waals surface area contributed by atoms with Gasteiger partial charge in [0.15, 0.2) is 0 Å². The highest BCUT2D eigenvalue weighted by Gasteiger charge is 2.37. The predicted octanol–water partition coefficient (Wildman–Crippen LogP) is 3.88. The van der Waals surface area contributed by atoms with E-state index in [2.05, 4.69) is 10.2 Å². The quantitative estimate of drug-likeness (QED) is 0.622. The van der Waals surface area contributed by atoms with Crippen molar-refractivity contribution < 1.29 is 19.1 Å². The number of hydrogen-bond acceptors (Lipinski definition) is 5. The molecule has 2 heterocycles. The van der Waals surface area contributed by atoms with Crippen LogP contribution in [0.3, 0.4) is 0 Å². The minimum Gasteiger partial charge on any atom is -0.378 e. The minimum absolute atomic E-state index is 0.307. The number of benzene rings is 3. The SMILES string of the molecule is Cc1ccc(NC(=O)c2cc(N3C(=O)c4ccccc4C3=O)ccc2N2CCOCC2)cc1. The molecule has 2 aliphatic rings. The number of nitrogens with one attached hydrogen (secondary N) is 1. The third-order valence-corrected chi connectivity index (χ3v) is 5.94. The molecule has 0 aliphatic carbocycles. The minimum atomic E-state index is -0.389. The number of fused-ring (bicyclic) bond motifs is 1. The Morgan fingerprint density at radius 2 is 1.52 bits per heavy atom. The molecule has 0 radical (unpaired) electrons. The van der Waals surface area contributed by atoms with E-state index in [0.29, 0.717) is 54.4 Å². The second-order valence-electron chi connectivity index (χ2n) is 8.11. The van der Waals surface area contributed by atoms with E-state index >= 15 is 0 Å². The van der Waals surface area contributed by atoms with Crippen LogP contribution in [0, 0.1) is 6.92 Å². The zero-order chi connectivity index (χ0) is 22.9. The first-order valence-electron chi connectivity index (χ1n) is 10.9. The average Bonchev–Trinajstić information content (AvgIpc) is 3.11. The Hall–Kier alpha value is -3.97. The lowest BCUT2D eigenvalue weighted by Gasteiger charge is -2.31. The van der Waals surface area contributed by atoms with Crippen LogP contribution < -0.4 is 15.1 Å². The molecule has 3 aromatic rings. The molecule has 3 amide bonds. The van der Waals surface area contributed by atoms with Crippen molar-refractivity contribution in [2.24, 2.45) is 0 Å². The van der Waals surface area contributed by atoms with Crippen LogP contribution in [-0.4, -0.2) is 44.0 Å². The van der Waals surface area contributed by atoms with Gasteiger partial charge in [-0.05, 0) is 49.4 Å². The average molecular weight is 441 g/mol. The number of carbonyl (C=O) groups excluding carboxylic acids is 3. The van der Waals surface area contributed by atoms with E-state index in [9.17, 15) is 14.4 Å². The van der Waals surface area contributed by atoms with Crippen molar-refractivity contribution in [1.29, 1.82) is 0 Å². The number of hydrogen-bond donors (Lipinski definition) is 1. The molecule has 5 rings (SSSR count). The molecule has 0 saturated carbocycles. The summed E-state index contributed by atoms with van der Waals surface area (Å²) in [6, 6.07) is 19.4. The zero-order valence-corrected chi connectivity index (χ0v) is 18.2. The van der Waals surface area contributed by atoms with E-state index in [1.807, 2.05) is 31.2 Å². The number of ether oxygens (including phenoxy) is 1. The summed E-state index contributed by atoms with van der Waals surface area (Å²) in [5.41, 5.74) is 4.00. The van der Waals surface area contributed by atoms with Crippen LogP contribution in [0.2, 0.25) is 0 Å². The smallest absolute Gasteiger partial charge is 0.266 e. The van der Waals surface area contributed by atoms with Crippen LogP contribution in [-0.2, 0) is 4.74 Å². The molecule has 0 aromatic heterocycles. The van der Waals surface area contributed by atoms with Gasteiger partial charge < -0.3 is 15.0 Å². The Morgan fingerprint density at radius 3 is 2.15 bits per heavy atom. The third kappa shape index (κ3) is 3.87. The molecular weight excluding hydrogens is 418 g/mol. The van der Waals surface area contributed by atoms with Crippen molar-refractivity contribution in [3.8, 4) is 0 Å². The summed E-state index contributed by atoms with van der Waals surface area (Å²) in [5, 5.41) is 2.94. The van der Waals surface area contributed by atoms with Gasteiger partial charge in [0.1, 0.15) is 0 Å². The number of rotatable bonds is 4. The van der Waals surface area contributed by atoms with Crippen molar-refractivity contribution in [1.82, 2.24) is 0 Å². The molecule has 166 valence electrons. The lowest BCUT2D eigenvalue weighted by molar-refractivity contribution is 0.0924. The number of morpholine rings is 1. The summed E-state index contributed by atoms with van der Waals surface area (Å²) >= 11 is 0. The molecule has 1 saturated heterocycles. The Morgan fingerprint density at radius 1 is 0.879 bits per heavy atom. The van der Waals surface area contributed by atoms with Crippen LogP contribution >= 0.6 is 0 Å². The first-order chi connectivity index (χ1) is 16.0. The molecule has 3 aromatic carbocycles. The lowest BCUT2D eigenvalue weighted by atomic mass is 10.1. The van der Waals surface area contributed by atoms with Crippen LogP contribution in [0.15, 0.2) is 66.7 Å². The fourth-order valence-electron chi connectivity index (χ4n) is 4.18. The molecular formula is C26H23N3O4. The monoisotopic (exact) mass is 441 g/mol. The number of amides is 3. The molecule has 0 unspecified atom stereocenters. The van der Waals surface area contributed by atoms with Gasteiger partial charge in [0.25, 0.3) is 17.7 Å². The van der Waals surface area contributed by atoms with Gasteiger partial charge in [-0.1, -0.05) is 29.8 Å². The Labute approximate surface area is 191 Å². The van der Waals surface area contributed by atoms with E-state index in [4.69, 9.17) is 4.74 Å². The van der Waals surface area contributed by atoms with Crippen molar-refractivity contribution in [2.45, 2.75) is 6.92 Å². The van der Waals surface area contributed by atoms with E-state index < -0.39 is 0 Å². The number of carbonyl (C=O) groups is 3. The molecule has 33 heavy (non-hydrogen) atoms. The summed E-state index contributed by atoms with van der Waals surface area (Å²) < 4.78 is 5.46. The van der Waals surface area contributed by atoms with Gasteiger partial charge in [0.05, 0.1) is 35.6 Å². The first kappa shape index (κ1) is 20.9. The predicted molar refractivity (Wildman–Crippen MR) is 126 cm³/mol.